The summed E-state index contributed by atoms with van der Waals surface area (Å²) >= 11 is 0. The minimum absolute atomic E-state index is 0.0954. The predicted octanol–water partition coefficient (Wildman–Crippen LogP) is 2.06. The normalized spacial score (nSPS) is 11.3. The molecule has 1 amide bonds. The van der Waals surface area contributed by atoms with Crippen molar-refractivity contribution in [3.63, 3.8) is 0 Å². The van der Waals surface area contributed by atoms with Crippen LogP contribution in [-0.2, 0) is 5.41 Å². The zero-order chi connectivity index (χ0) is 14.0. The summed E-state index contributed by atoms with van der Waals surface area (Å²) in [6.07, 6.45) is 0. The van der Waals surface area contributed by atoms with Gasteiger partial charge in [0.1, 0.15) is 11.6 Å². The number of nitrogens with one attached hydrogen (secondary N) is 2. The van der Waals surface area contributed by atoms with E-state index < -0.39 is 5.91 Å². The van der Waals surface area contributed by atoms with Crippen molar-refractivity contribution >= 4 is 11.6 Å². The third kappa shape index (κ3) is 3.09. The van der Waals surface area contributed by atoms with Crippen LogP contribution in [0, 0.1) is 0 Å². The smallest absolute Gasteiger partial charge is 0.295 e. The van der Waals surface area contributed by atoms with Gasteiger partial charge in [-0.15, -0.1) is 5.10 Å². The van der Waals surface area contributed by atoms with E-state index in [1.54, 1.807) is 12.1 Å². The maximum Gasteiger partial charge on any atom is 0.295 e. The van der Waals surface area contributed by atoms with Crippen LogP contribution < -0.4 is 5.32 Å². The summed E-state index contributed by atoms with van der Waals surface area (Å²) in [7, 11) is 0. The maximum absolute atomic E-state index is 11.9. The van der Waals surface area contributed by atoms with Gasteiger partial charge in [0, 0.05) is 11.1 Å². The maximum atomic E-state index is 11.9. The highest BCUT2D eigenvalue weighted by molar-refractivity contribution is 6.01. The standard InChI is InChI=1S/C13H16N4O2/c1-13(2,3)12-15-10(16-17-12)11(19)14-8-4-6-9(18)7-5-8/h4-7,18H,1-3H3,(H,14,19)(H,15,16,17). The molecule has 0 fully saturated rings. The van der Waals surface area contributed by atoms with Crippen LogP contribution in [0.5, 0.6) is 5.75 Å². The Morgan fingerprint density at radius 2 is 1.89 bits per heavy atom. The van der Waals surface area contributed by atoms with Crippen molar-refractivity contribution in [2.24, 2.45) is 0 Å². The highest BCUT2D eigenvalue weighted by Crippen LogP contribution is 2.18. The van der Waals surface area contributed by atoms with Crippen molar-refractivity contribution in [1.29, 1.82) is 0 Å². The Bertz CT molecular complexity index is 581. The Balaban J connectivity index is 2.12. The van der Waals surface area contributed by atoms with E-state index in [-0.39, 0.29) is 17.0 Å². The van der Waals surface area contributed by atoms with E-state index in [0.717, 1.165) is 0 Å². The molecule has 0 atom stereocenters. The fraction of sp³-hybridized carbons (Fsp3) is 0.308. The van der Waals surface area contributed by atoms with Crippen molar-refractivity contribution in [2.45, 2.75) is 26.2 Å². The fourth-order valence-corrected chi connectivity index (χ4v) is 1.43. The summed E-state index contributed by atoms with van der Waals surface area (Å²) in [6.45, 7) is 5.94. The summed E-state index contributed by atoms with van der Waals surface area (Å²) in [6, 6.07) is 6.19. The van der Waals surface area contributed by atoms with Gasteiger partial charge in [0.2, 0.25) is 5.82 Å². The Hall–Kier alpha value is -2.37. The van der Waals surface area contributed by atoms with Crippen LogP contribution in [-0.4, -0.2) is 26.2 Å². The van der Waals surface area contributed by atoms with Crippen LogP contribution in [0.2, 0.25) is 0 Å². The molecule has 100 valence electrons. The van der Waals surface area contributed by atoms with Gasteiger partial charge in [-0.05, 0) is 24.3 Å². The summed E-state index contributed by atoms with van der Waals surface area (Å²) in [5.74, 6) is 0.504. The summed E-state index contributed by atoms with van der Waals surface area (Å²) in [5.41, 5.74) is 0.384. The average molecular weight is 260 g/mol. The minimum Gasteiger partial charge on any atom is -0.508 e. The Morgan fingerprint density at radius 3 is 2.42 bits per heavy atom. The van der Waals surface area contributed by atoms with Crippen molar-refractivity contribution < 1.29 is 9.90 Å². The number of carbonyl (C=O) groups is 1. The zero-order valence-electron chi connectivity index (χ0n) is 11.1. The Kier molecular flexibility index (Phi) is 3.25. The first-order chi connectivity index (χ1) is 8.86. The quantitative estimate of drug-likeness (QED) is 0.721. The molecule has 0 radical (unpaired) electrons. The molecule has 0 aliphatic heterocycles. The lowest BCUT2D eigenvalue weighted by atomic mass is 9.96. The van der Waals surface area contributed by atoms with Gasteiger partial charge in [-0.25, -0.2) is 4.98 Å². The van der Waals surface area contributed by atoms with Crippen LogP contribution in [0.25, 0.3) is 0 Å². The van der Waals surface area contributed by atoms with Gasteiger partial charge in [-0.3, -0.25) is 9.89 Å². The molecule has 1 heterocycles. The van der Waals surface area contributed by atoms with Gasteiger partial charge in [0.25, 0.3) is 5.91 Å². The molecule has 6 heteroatoms. The second kappa shape index (κ2) is 4.72. The number of phenols is 1. The van der Waals surface area contributed by atoms with Crippen LogP contribution in [0.3, 0.4) is 0 Å². The van der Waals surface area contributed by atoms with E-state index in [4.69, 9.17) is 5.11 Å². The van der Waals surface area contributed by atoms with Crippen molar-refractivity contribution in [3.8, 4) is 5.75 Å². The molecule has 0 unspecified atom stereocenters. The SMILES string of the molecule is CC(C)(C)c1nc(C(=O)Nc2ccc(O)cc2)n[nH]1. The molecule has 0 spiro atoms. The van der Waals surface area contributed by atoms with Gasteiger partial charge >= 0.3 is 0 Å². The third-order valence-corrected chi connectivity index (χ3v) is 2.52. The Morgan fingerprint density at radius 1 is 1.26 bits per heavy atom. The lowest BCUT2D eigenvalue weighted by Gasteiger charge is -2.12. The molecular formula is C13H16N4O2. The molecule has 0 aliphatic carbocycles. The molecule has 6 nitrogen and oxygen atoms in total. The lowest BCUT2D eigenvalue weighted by molar-refractivity contribution is 0.101. The van der Waals surface area contributed by atoms with Crippen LogP contribution in [0.1, 0.15) is 37.2 Å². The van der Waals surface area contributed by atoms with Gasteiger partial charge in [0.15, 0.2) is 0 Å². The summed E-state index contributed by atoms with van der Waals surface area (Å²) < 4.78 is 0. The summed E-state index contributed by atoms with van der Waals surface area (Å²) in [5, 5.41) is 18.5. The number of hydrogen-bond acceptors (Lipinski definition) is 4. The highest BCUT2D eigenvalue weighted by atomic mass is 16.3. The first-order valence-corrected chi connectivity index (χ1v) is 5.89. The topological polar surface area (TPSA) is 90.9 Å². The number of aromatic hydroxyl groups is 1. The van der Waals surface area contributed by atoms with Crippen molar-refractivity contribution in [2.75, 3.05) is 5.32 Å². The lowest BCUT2D eigenvalue weighted by Crippen LogP contribution is -2.16. The largest absolute Gasteiger partial charge is 0.508 e. The molecule has 3 N–H and O–H groups in total. The number of hydrogen-bond donors (Lipinski definition) is 3. The second-order valence-corrected chi connectivity index (χ2v) is 5.26. The zero-order valence-corrected chi connectivity index (χ0v) is 11.1. The van der Waals surface area contributed by atoms with Crippen LogP contribution in [0.15, 0.2) is 24.3 Å². The third-order valence-electron chi connectivity index (χ3n) is 2.52. The molecule has 1 aromatic carbocycles. The van der Waals surface area contributed by atoms with Gasteiger partial charge in [0.05, 0.1) is 0 Å². The number of nitrogens with zero attached hydrogens (tertiary/aromatic N) is 2. The van der Waals surface area contributed by atoms with Crippen molar-refractivity contribution in [1.82, 2.24) is 15.2 Å². The number of aromatic nitrogens is 3. The van der Waals surface area contributed by atoms with E-state index in [1.165, 1.54) is 12.1 Å². The molecule has 0 saturated carbocycles. The summed E-state index contributed by atoms with van der Waals surface area (Å²) in [4.78, 5) is 16.1. The van der Waals surface area contributed by atoms with E-state index in [1.807, 2.05) is 20.8 Å². The fourth-order valence-electron chi connectivity index (χ4n) is 1.43. The first-order valence-electron chi connectivity index (χ1n) is 5.89. The van der Waals surface area contributed by atoms with Crippen LogP contribution in [0.4, 0.5) is 5.69 Å². The van der Waals surface area contributed by atoms with Crippen molar-refractivity contribution in [3.05, 3.63) is 35.9 Å². The van der Waals surface area contributed by atoms with Gasteiger partial charge < -0.3 is 10.4 Å². The number of rotatable bonds is 2. The molecule has 2 aromatic rings. The average Bonchev–Trinajstić information content (AvgIpc) is 2.81. The number of amides is 1. The van der Waals surface area contributed by atoms with E-state index in [2.05, 4.69) is 20.5 Å². The molecule has 1 aromatic heterocycles. The monoisotopic (exact) mass is 260 g/mol. The van der Waals surface area contributed by atoms with Gasteiger partial charge in [-0.2, -0.15) is 0 Å². The predicted molar refractivity (Wildman–Crippen MR) is 71.1 cm³/mol. The number of phenolic OH excluding ortho intramolecular Hbond substituents is 1. The first kappa shape index (κ1) is 13.1. The molecular weight excluding hydrogens is 244 g/mol. The number of anilines is 1. The number of H-pyrrole nitrogens is 1. The second-order valence-electron chi connectivity index (χ2n) is 5.26. The van der Waals surface area contributed by atoms with Gasteiger partial charge in [-0.1, -0.05) is 20.8 Å². The van der Waals surface area contributed by atoms with E-state index in [9.17, 15) is 4.79 Å². The minimum atomic E-state index is -0.391. The molecule has 0 saturated heterocycles. The molecule has 2 rings (SSSR count). The number of carbonyl (C=O) groups excluding carboxylic acids is 1. The Labute approximate surface area is 110 Å². The number of benzene rings is 1. The number of aromatic amines is 1. The van der Waals surface area contributed by atoms with Crippen LogP contribution >= 0.6 is 0 Å². The highest BCUT2D eigenvalue weighted by Gasteiger charge is 2.21. The van der Waals surface area contributed by atoms with E-state index >= 15 is 0 Å². The molecule has 0 aliphatic rings. The molecule has 19 heavy (non-hydrogen) atoms. The van der Waals surface area contributed by atoms with E-state index in [0.29, 0.717) is 11.5 Å². The molecule has 0 bridgehead atoms.